The van der Waals surface area contributed by atoms with Crippen LogP contribution in [0.1, 0.15) is 42.0 Å². The Morgan fingerprint density at radius 2 is 2.22 bits per heavy atom. The fourth-order valence-corrected chi connectivity index (χ4v) is 1.98. The number of azide groups is 1. The van der Waals surface area contributed by atoms with Gasteiger partial charge in [-0.05, 0) is 43.3 Å². The van der Waals surface area contributed by atoms with Crippen LogP contribution in [0.15, 0.2) is 23.3 Å². The van der Waals surface area contributed by atoms with Gasteiger partial charge in [-0.2, -0.15) is 0 Å². The van der Waals surface area contributed by atoms with Gasteiger partial charge in [-0.1, -0.05) is 28.9 Å². The number of aliphatic carboxylic acids is 1. The maximum Gasteiger partial charge on any atom is 0.303 e. The Bertz CT molecular complexity index is 479. The van der Waals surface area contributed by atoms with Crippen LogP contribution in [0.5, 0.6) is 0 Å². The second-order valence-corrected chi connectivity index (χ2v) is 4.37. The molecule has 1 atom stereocenters. The molecular formula is C13H17N3O2. The molecule has 0 fully saturated rings. The lowest BCUT2D eigenvalue weighted by atomic mass is 9.96. The van der Waals surface area contributed by atoms with Crippen LogP contribution in [-0.2, 0) is 4.79 Å². The van der Waals surface area contributed by atoms with Crippen LogP contribution in [0.2, 0.25) is 0 Å². The summed E-state index contributed by atoms with van der Waals surface area (Å²) in [6, 6.07) is 5.67. The third-order valence-electron chi connectivity index (χ3n) is 2.84. The Kier molecular flexibility index (Phi) is 5.21. The molecule has 0 radical (unpaired) electrons. The Hall–Kier alpha value is -2.00. The minimum Gasteiger partial charge on any atom is -0.481 e. The highest BCUT2D eigenvalue weighted by Gasteiger charge is 2.12. The first kappa shape index (κ1) is 14.1. The van der Waals surface area contributed by atoms with Crippen molar-refractivity contribution in [1.82, 2.24) is 0 Å². The highest BCUT2D eigenvalue weighted by Crippen LogP contribution is 2.27. The quantitative estimate of drug-likeness (QED) is 0.469. The number of carbonyl (C=O) groups is 1. The van der Waals surface area contributed by atoms with Crippen molar-refractivity contribution < 1.29 is 9.90 Å². The summed E-state index contributed by atoms with van der Waals surface area (Å²) in [5, 5.41) is 12.4. The molecule has 0 bridgehead atoms. The largest absolute Gasteiger partial charge is 0.481 e. The van der Waals surface area contributed by atoms with Gasteiger partial charge in [-0.25, -0.2) is 0 Å². The Labute approximate surface area is 106 Å². The number of hydrogen-bond acceptors (Lipinski definition) is 2. The van der Waals surface area contributed by atoms with E-state index in [4.69, 9.17) is 10.6 Å². The fourth-order valence-electron chi connectivity index (χ4n) is 1.98. The third kappa shape index (κ3) is 4.11. The monoisotopic (exact) mass is 247 g/mol. The van der Waals surface area contributed by atoms with E-state index in [1.165, 1.54) is 0 Å². The molecule has 0 aliphatic carbocycles. The fraction of sp³-hybridized carbons (Fsp3) is 0.462. The van der Waals surface area contributed by atoms with Crippen LogP contribution in [-0.4, -0.2) is 11.1 Å². The standard InChI is InChI=1S/C13H17N3O2/c1-9-6-7-11(10(2)8-9)12(15-16-14)4-3-5-13(17)18/h6-8,12H,3-5H2,1-2H3,(H,17,18). The van der Waals surface area contributed by atoms with Gasteiger partial charge in [0.25, 0.3) is 0 Å². The average molecular weight is 247 g/mol. The molecule has 0 amide bonds. The molecule has 0 aliphatic heterocycles. The number of rotatable bonds is 6. The summed E-state index contributed by atoms with van der Waals surface area (Å²) >= 11 is 0. The van der Waals surface area contributed by atoms with Crippen LogP contribution < -0.4 is 0 Å². The zero-order valence-corrected chi connectivity index (χ0v) is 10.6. The maximum atomic E-state index is 10.5. The van der Waals surface area contributed by atoms with E-state index in [1.807, 2.05) is 32.0 Å². The van der Waals surface area contributed by atoms with Gasteiger partial charge < -0.3 is 5.11 Å². The molecule has 96 valence electrons. The topological polar surface area (TPSA) is 86.1 Å². The van der Waals surface area contributed by atoms with Crippen LogP contribution >= 0.6 is 0 Å². The molecule has 0 aromatic heterocycles. The van der Waals surface area contributed by atoms with E-state index >= 15 is 0 Å². The number of benzene rings is 1. The lowest BCUT2D eigenvalue weighted by Gasteiger charge is -2.14. The van der Waals surface area contributed by atoms with Crippen molar-refractivity contribution >= 4 is 5.97 Å². The molecule has 0 saturated heterocycles. The van der Waals surface area contributed by atoms with Gasteiger partial charge in [0.1, 0.15) is 0 Å². The van der Waals surface area contributed by atoms with E-state index in [2.05, 4.69) is 10.0 Å². The van der Waals surface area contributed by atoms with Gasteiger partial charge in [0.05, 0.1) is 6.04 Å². The lowest BCUT2D eigenvalue weighted by molar-refractivity contribution is -0.137. The SMILES string of the molecule is Cc1ccc(C(CCCC(=O)O)N=[N+]=[N-])c(C)c1. The summed E-state index contributed by atoms with van der Waals surface area (Å²) in [6.07, 6.45) is 1.16. The molecule has 1 aromatic rings. The Balaban J connectivity index is 2.83. The number of aryl methyl sites for hydroxylation is 2. The molecule has 0 saturated carbocycles. The van der Waals surface area contributed by atoms with Crippen LogP contribution in [0.3, 0.4) is 0 Å². The van der Waals surface area contributed by atoms with Crippen molar-refractivity contribution in [2.75, 3.05) is 0 Å². The molecule has 0 aliphatic rings. The molecule has 1 rings (SSSR count). The van der Waals surface area contributed by atoms with Crippen molar-refractivity contribution in [2.24, 2.45) is 5.11 Å². The predicted octanol–water partition coefficient (Wildman–Crippen LogP) is 3.91. The second-order valence-electron chi connectivity index (χ2n) is 4.37. The summed E-state index contributed by atoms with van der Waals surface area (Å²) in [6.45, 7) is 3.98. The summed E-state index contributed by atoms with van der Waals surface area (Å²) in [5.41, 5.74) is 11.8. The Morgan fingerprint density at radius 3 is 2.78 bits per heavy atom. The molecule has 1 unspecified atom stereocenters. The minimum atomic E-state index is -0.824. The van der Waals surface area contributed by atoms with Gasteiger partial charge in [0.15, 0.2) is 0 Å². The molecule has 1 N–H and O–H groups in total. The molecular weight excluding hydrogens is 230 g/mol. The Morgan fingerprint density at radius 1 is 1.50 bits per heavy atom. The highest BCUT2D eigenvalue weighted by atomic mass is 16.4. The van der Waals surface area contributed by atoms with Gasteiger partial charge in [0, 0.05) is 11.3 Å². The van der Waals surface area contributed by atoms with E-state index < -0.39 is 5.97 Å². The zero-order chi connectivity index (χ0) is 13.5. The van der Waals surface area contributed by atoms with Crippen LogP contribution in [0.4, 0.5) is 0 Å². The van der Waals surface area contributed by atoms with E-state index in [0.29, 0.717) is 12.8 Å². The van der Waals surface area contributed by atoms with E-state index in [1.54, 1.807) is 0 Å². The molecule has 1 aromatic carbocycles. The molecule has 0 spiro atoms. The smallest absolute Gasteiger partial charge is 0.303 e. The normalized spacial score (nSPS) is 11.7. The average Bonchev–Trinajstić information content (AvgIpc) is 2.28. The van der Waals surface area contributed by atoms with E-state index in [-0.39, 0.29) is 12.5 Å². The number of hydrogen-bond donors (Lipinski definition) is 1. The predicted molar refractivity (Wildman–Crippen MR) is 69.3 cm³/mol. The van der Waals surface area contributed by atoms with Crippen molar-refractivity contribution in [3.63, 3.8) is 0 Å². The lowest BCUT2D eigenvalue weighted by Crippen LogP contribution is -2.01. The summed E-state index contributed by atoms with van der Waals surface area (Å²) < 4.78 is 0. The highest BCUT2D eigenvalue weighted by molar-refractivity contribution is 5.66. The van der Waals surface area contributed by atoms with Gasteiger partial charge >= 0.3 is 5.97 Å². The third-order valence-corrected chi connectivity index (χ3v) is 2.84. The molecule has 5 nitrogen and oxygen atoms in total. The molecule has 18 heavy (non-hydrogen) atoms. The maximum absolute atomic E-state index is 10.5. The van der Waals surface area contributed by atoms with Crippen molar-refractivity contribution in [3.8, 4) is 0 Å². The first-order valence-electron chi connectivity index (χ1n) is 5.87. The summed E-state index contributed by atoms with van der Waals surface area (Å²) in [4.78, 5) is 13.3. The number of carboxylic acid groups (broad SMARTS) is 1. The van der Waals surface area contributed by atoms with Crippen LogP contribution in [0.25, 0.3) is 10.4 Å². The minimum absolute atomic E-state index is 0.0996. The van der Waals surface area contributed by atoms with Gasteiger partial charge in [0.2, 0.25) is 0 Å². The number of carboxylic acids is 1. The molecule has 0 heterocycles. The zero-order valence-electron chi connectivity index (χ0n) is 10.6. The van der Waals surface area contributed by atoms with Crippen molar-refractivity contribution in [1.29, 1.82) is 0 Å². The van der Waals surface area contributed by atoms with Gasteiger partial charge in [-0.15, -0.1) is 0 Å². The van der Waals surface area contributed by atoms with Crippen LogP contribution in [0, 0.1) is 13.8 Å². The molecule has 5 heteroatoms. The van der Waals surface area contributed by atoms with Crippen molar-refractivity contribution in [3.05, 3.63) is 45.3 Å². The second kappa shape index (κ2) is 6.67. The first-order chi connectivity index (χ1) is 8.54. The summed E-state index contributed by atoms with van der Waals surface area (Å²) in [5.74, 6) is -0.824. The summed E-state index contributed by atoms with van der Waals surface area (Å²) in [7, 11) is 0. The van der Waals surface area contributed by atoms with Gasteiger partial charge in [-0.3, -0.25) is 4.79 Å². The number of nitrogens with zero attached hydrogens (tertiary/aromatic N) is 3. The van der Waals surface area contributed by atoms with E-state index in [0.717, 1.165) is 16.7 Å². The van der Waals surface area contributed by atoms with E-state index in [9.17, 15) is 4.79 Å². The first-order valence-corrected chi connectivity index (χ1v) is 5.87. The van der Waals surface area contributed by atoms with Crippen molar-refractivity contribution in [2.45, 2.75) is 39.2 Å².